The molecule has 1 N–H and O–H groups in total. The van der Waals surface area contributed by atoms with Gasteiger partial charge < -0.3 is 14.8 Å². The first-order chi connectivity index (χ1) is 12.6. The molecule has 1 aromatic carbocycles. The normalized spacial score (nSPS) is 12.4. The van der Waals surface area contributed by atoms with Crippen LogP contribution in [0.4, 0.5) is 0 Å². The van der Waals surface area contributed by atoms with E-state index in [9.17, 15) is 4.79 Å². The number of hydrogen-bond donors (Lipinski definition) is 1. The number of carbonyl (C=O) groups is 1. The predicted octanol–water partition coefficient (Wildman–Crippen LogP) is 2.78. The first kappa shape index (κ1) is 18.5. The molecule has 0 bridgehead atoms. The van der Waals surface area contributed by atoms with Crippen molar-refractivity contribution >= 4 is 27.5 Å². The molecule has 0 aliphatic heterocycles. The van der Waals surface area contributed by atoms with E-state index in [0.29, 0.717) is 25.3 Å². The molecule has 2 heterocycles. The SMILES string of the molecule is CCOC(=O)c1cnn(-c2nc3ccccc3s2)c1CN[C@@H](C)COC. The second kappa shape index (κ2) is 8.39. The van der Waals surface area contributed by atoms with E-state index in [4.69, 9.17) is 9.47 Å². The molecule has 0 amide bonds. The molecule has 3 aromatic rings. The van der Waals surface area contributed by atoms with Gasteiger partial charge in [-0.15, -0.1) is 0 Å². The molecular weight excluding hydrogens is 352 g/mol. The van der Waals surface area contributed by atoms with Crippen LogP contribution in [0.15, 0.2) is 30.5 Å². The Morgan fingerprint density at radius 2 is 2.19 bits per heavy atom. The first-order valence-electron chi connectivity index (χ1n) is 8.46. The number of thiazole rings is 1. The lowest BCUT2D eigenvalue weighted by Crippen LogP contribution is -2.31. The van der Waals surface area contributed by atoms with E-state index in [1.54, 1.807) is 24.9 Å². The molecular formula is C18H22N4O3S. The van der Waals surface area contributed by atoms with Crippen LogP contribution in [0.3, 0.4) is 0 Å². The molecule has 0 unspecified atom stereocenters. The zero-order valence-electron chi connectivity index (χ0n) is 15.1. The number of fused-ring (bicyclic) bond motifs is 1. The highest BCUT2D eigenvalue weighted by molar-refractivity contribution is 7.20. The predicted molar refractivity (Wildman–Crippen MR) is 101 cm³/mol. The van der Waals surface area contributed by atoms with E-state index in [0.717, 1.165) is 21.0 Å². The van der Waals surface area contributed by atoms with Gasteiger partial charge in [0.1, 0.15) is 5.56 Å². The Balaban J connectivity index is 1.96. The van der Waals surface area contributed by atoms with Crippen LogP contribution < -0.4 is 5.32 Å². The van der Waals surface area contributed by atoms with Gasteiger partial charge in [-0.3, -0.25) is 0 Å². The second-order valence-electron chi connectivity index (χ2n) is 5.84. The van der Waals surface area contributed by atoms with Gasteiger partial charge in [-0.25, -0.2) is 14.5 Å². The summed E-state index contributed by atoms with van der Waals surface area (Å²) in [5.41, 5.74) is 2.08. The highest BCUT2D eigenvalue weighted by Gasteiger charge is 2.21. The summed E-state index contributed by atoms with van der Waals surface area (Å²) in [5.74, 6) is -0.379. The van der Waals surface area contributed by atoms with Crippen molar-refractivity contribution in [1.29, 1.82) is 0 Å². The van der Waals surface area contributed by atoms with E-state index in [1.807, 2.05) is 31.2 Å². The van der Waals surface area contributed by atoms with Gasteiger partial charge in [0.25, 0.3) is 0 Å². The number of rotatable bonds is 8. The molecule has 8 heteroatoms. The molecule has 0 saturated heterocycles. The van der Waals surface area contributed by atoms with Gasteiger partial charge in [0.2, 0.25) is 5.13 Å². The van der Waals surface area contributed by atoms with Gasteiger partial charge in [0.15, 0.2) is 0 Å². The topological polar surface area (TPSA) is 78.3 Å². The maximum atomic E-state index is 12.3. The Morgan fingerprint density at radius 1 is 1.38 bits per heavy atom. The Bertz CT molecular complexity index is 857. The summed E-state index contributed by atoms with van der Waals surface area (Å²) in [6.45, 7) is 5.15. The zero-order valence-corrected chi connectivity index (χ0v) is 15.9. The Labute approximate surface area is 155 Å². The number of aromatic nitrogens is 3. The monoisotopic (exact) mass is 374 g/mol. The van der Waals surface area contributed by atoms with E-state index < -0.39 is 0 Å². The lowest BCUT2D eigenvalue weighted by atomic mass is 10.2. The van der Waals surface area contributed by atoms with Crippen molar-refractivity contribution in [2.24, 2.45) is 0 Å². The van der Waals surface area contributed by atoms with Gasteiger partial charge in [-0.05, 0) is 26.0 Å². The third kappa shape index (κ3) is 3.92. The smallest absolute Gasteiger partial charge is 0.341 e. The zero-order chi connectivity index (χ0) is 18.5. The lowest BCUT2D eigenvalue weighted by molar-refractivity contribution is 0.0524. The van der Waals surface area contributed by atoms with E-state index in [-0.39, 0.29) is 12.0 Å². The van der Waals surface area contributed by atoms with Crippen molar-refractivity contribution in [3.05, 3.63) is 41.7 Å². The molecule has 0 fully saturated rings. The van der Waals surface area contributed by atoms with E-state index in [1.165, 1.54) is 11.3 Å². The second-order valence-corrected chi connectivity index (χ2v) is 6.85. The molecule has 0 aliphatic carbocycles. The number of carbonyl (C=O) groups excluding carboxylic acids is 1. The Kier molecular flexibility index (Phi) is 5.97. The summed E-state index contributed by atoms with van der Waals surface area (Å²) in [5, 5.41) is 8.47. The van der Waals surface area contributed by atoms with Crippen molar-refractivity contribution in [1.82, 2.24) is 20.1 Å². The van der Waals surface area contributed by atoms with Crippen molar-refractivity contribution in [2.75, 3.05) is 20.3 Å². The number of nitrogens with zero attached hydrogens (tertiary/aromatic N) is 3. The third-order valence-electron chi connectivity index (χ3n) is 3.86. The molecule has 2 aromatic heterocycles. The molecule has 26 heavy (non-hydrogen) atoms. The Morgan fingerprint density at radius 3 is 2.92 bits per heavy atom. The minimum atomic E-state index is -0.379. The average Bonchev–Trinajstić information content (AvgIpc) is 3.24. The largest absolute Gasteiger partial charge is 0.462 e. The van der Waals surface area contributed by atoms with Crippen LogP contribution in [0.5, 0.6) is 0 Å². The summed E-state index contributed by atoms with van der Waals surface area (Å²) in [6, 6.07) is 8.04. The minimum Gasteiger partial charge on any atom is -0.462 e. The van der Waals surface area contributed by atoms with Crippen molar-refractivity contribution in [3.8, 4) is 5.13 Å². The van der Waals surface area contributed by atoms with Crippen molar-refractivity contribution in [3.63, 3.8) is 0 Å². The van der Waals surface area contributed by atoms with Crippen molar-refractivity contribution < 1.29 is 14.3 Å². The molecule has 3 rings (SSSR count). The minimum absolute atomic E-state index is 0.133. The molecule has 138 valence electrons. The van der Waals surface area contributed by atoms with Gasteiger partial charge >= 0.3 is 5.97 Å². The highest BCUT2D eigenvalue weighted by atomic mass is 32.1. The van der Waals surface area contributed by atoms with Crippen LogP contribution in [0.25, 0.3) is 15.3 Å². The number of ether oxygens (including phenoxy) is 2. The van der Waals surface area contributed by atoms with Gasteiger partial charge in [-0.2, -0.15) is 5.10 Å². The summed E-state index contributed by atoms with van der Waals surface area (Å²) in [6.07, 6.45) is 1.54. The summed E-state index contributed by atoms with van der Waals surface area (Å²) >= 11 is 1.53. The highest BCUT2D eigenvalue weighted by Crippen LogP contribution is 2.26. The molecule has 0 saturated carbocycles. The van der Waals surface area contributed by atoms with Crippen LogP contribution in [-0.4, -0.2) is 47.1 Å². The molecule has 0 aliphatic rings. The average molecular weight is 374 g/mol. The van der Waals surface area contributed by atoms with Crippen LogP contribution in [0, 0.1) is 0 Å². The number of esters is 1. The van der Waals surface area contributed by atoms with E-state index in [2.05, 4.69) is 15.4 Å². The summed E-state index contributed by atoms with van der Waals surface area (Å²) in [7, 11) is 1.66. The van der Waals surface area contributed by atoms with Crippen LogP contribution in [0.1, 0.15) is 29.9 Å². The fourth-order valence-electron chi connectivity index (χ4n) is 2.62. The standard InChI is InChI=1S/C18H22N4O3S/c1-4-25-17(23)13-9-20-22(15(13)10-19-12(2)11-24-3)18-21-14-7-5-6-8-16(14)26-18/h5-9,12,19H,4,10-11H2,1-3H3/t12-/m0/s1. The van der Waals surface area contributed by atoms with Crippen LogP contribution >= 0.6 is 11.3 Å². The number of para-hydroxylation sites is 1. The lowest BCUT2D eigenvalue weighted by Gasteiger charge is -2.14. The van der Waals surface area contributed by atoms with Gasteiger partial charge in [-0.1, -0.05) is 23.5 Å². The summed E-state index contributed by atoms with van der Waals surface area (Å²) < 4.78 is 13.1. The molecule has 0 radical (unpaired) electrons. The fraction of sp³-hybridized carbons (Fsp3) is 0.389. The Hall–Kier alpha value is -2.29. The van der Waals surface area contributed by atoms with Gasteiger partial charge in [0, 0.05) is 19.7 Å². The van der Waals surface area contributed by atoms with E-state index >= 15 is 0 Å². The summed E-state index contributed by atoms with van der Waals surface area (Å²) in [4.78, 5) is 16.9. The van der Waals surface area contributed by atoms with Crippen LogP contribution in [-0.2, 0) is 16.0 Å². The molecule has 1 atom stereocenters. The maximum absolute atomic E-state index is 12.3. The van der Waals surface area contributed by atoms with Crippen LogP contribution in [0.2, 0.25) is 0 Å². The number of hydrogen-bond acceptors (Lipinski definition) is 7. The van der Waals surface area contributed by atoms with Crippen molar-refractivity contribution in [2.45, 2.75) is 26.4 Å². The third-order valence-corrected chi connectivity index (χ3v) is 4.87. The van der Waals surface area contributed by atoms with Gasteiger partial charge in [0.05, 0.1) is 35.3 Å². The molecule has 0 spiro atoms. The first-order valence-corrected chi connectivity index (χ1v) is 9.28. The molecule has 7 nitrogen and oxygen atoms in total. The fourth-order valence-corrected chi connectivity index (χ4v) is 3.57. The number of methoxy groups -OCH3 is 1. The number of benzene rings is 1. The number of nitrogens with one attached hydrogen (secondary N) is 1. The quantitative estimate of drug-likeness (QED) is 0.611. The maximum Gasteiger partial charge on any atom is 0.341 e.